The number of esters is 1. The predicted molar refractivity (Wildman–Crippen MR) is 79.5 cm³/mol. The molecule has 6 nitrogen and oxygen atoms in total. The highest BCUT2D eigenvalue weighted by molar-refractivity contribution is 6.00. The number of aldehydes is 1. The highest BCUT2D eigenvalue weighted by atomic mass is 16.5. The zero-order chi connectivity index (χ0) is 16.1. The molecule has 0 atom stereocenters. The first-order chi connectivity index (χ1) is 10.6. The van der Waals surface area contributed by atoms with Crippen LogP contribution in [-0.4, -0.2) is 38.6 Å². The van der Waals surface area contributed by atoms with Gasteiger partial charge in [-0.05, 0) is 29.8 Å². The molecule has 114 valence electrons. The van der Waals surface area contributed by atoms with Crippen molar-refractivity contribution in [2.75, 3.05) is 21.3 Å². The Bertz CT molecular complexity index is 712. The highest BCUT2D eigenvalue weighted by Crippen LogP contribution is 2.30. The Labute approximate surface area is 127 Å². The fourth-order valence-corrected chi connectivity index (χ4v) is 2.05. The van der Waals surface area contributed by atoms with E-state index in [2.05, 4.69) is 4.98 Å². The predicted octanol–water partition coefficient (Wildman–Crippen LogP) is 2.36. The van der Waals surface area contributed by atoms with Crippen LogP contribution >= 0.6 is 0 Å². The lowest BCUT2D eigenvalue weighted by Crippen LogP contribution is -2.06. The molecule has 1 heterocycles. The minimum absolute atomic E-state index is 0.176. The van der Waals surface area contributed by atoms with E-state index in [0.29, 0.717) is 29.0 Å². The summed E-state index contributed by atoms with van der Waals surface area (Å²) < 4.78 is 14.9. The standard InChI is InChI=1S/C16H15NO5/c1-20-10-4-5-11(13(8-10)16(19)22-3)12-6-7-15(21-2)17-14(12)9-18/h4-9H,1-3H3. The summed E-state index contributed by atoms with van der Waals surface area (Å²) in [7, 11) is 4.25. The maximum Gasteiger partial charge on any atom is 0.338 e. The Morgan fingerprint density at radius 2 is 1.77 bits per heavy atom. The minimum atomic E-state index is -0.526. The van der Waals surface area contributed by atoms with E-state index in [1.165, 1.54) is 21.3 Å². The van der Waals surface area contributed by atoms with Crippen molar-refractivity contribution in [3.8, 4) is 22.8 Å². The average Bonchev–Trinajstić information content (AvgIpc) is 2.59. The molecule has 0 saturated carbocycles. The smallest absolute Gasteiger partial charge is 0.338 e. The molecule has 0 N–H and O–H groups in total. The van der Waals surface area contributed by atoms with Crippen LogP contribution in [0.1, 0.15) is 20.8 Å². The quantitative estimate of drug-likeness (QED) is 0.623. The Kier molecular flexibility index (Phi) is 4.73. The molecule has 22 heavy (non-hydrogen) atoms. The zero-order valence-corrected chi connectivity index (χ0v) is 12.5. The number of aromatic nitrogens is 1. The molecule has 0 bridgehead atoms. The van der Waals surface area contributed by atoms with Crippen molar-refractivity contribution in [2.24, 2.45) is 0 Å². The van der Waals surface area contributed by atoms with Gasteiger partial charge in [-0.1, -0.05) is 0 Å². The number of rotatable bonds is 5. The third-order valence-corrected chi connectivity index (χ3v) is 3.14. The van der Waals surface area contributed by atoms with Crippen LogP contribution in [0.4, 0.5) is 0 Å². The molecule has 0 aliphatic heterocycles. The lowest BCUT2D eigenvalue weighted by atomic mass is 9.98. The molecule has 6 heteroatoms. The Morgan fingerprint density at radius 3 is 2.36 bits per heavy atom. The summed E-state index contributed by atoms with van der Waals surface area (Å²) in [6, 6.07) is 8.22. The molecule has 0 spiro atoms. The average molecular weight is 301 g/mol. The molecule has 0 saturated heterocycles. The molecule has 0 aliphatic rings. The molecule has 1 aromatic heterocycles. The van der Waals surface area contributed by atoms with Crippen molar-refractivity contribution in [3.05, 3.63) is 41.6 Å². The van der Waals surface area contributed by atoms with Gasteiger partial charge >= 0.3 is 5.97 Å². The lowest BCUT2D eigenvalue weighted by Gasteiger charge is -2.12. The lowest BCUT2D eigenvalue weighted by molar-refractivity contribution is 0.0601. The first kappa shape index (κ1) is 15.5. The second kappa shape index (κ2) is 6.71. The molecule has 2 aromatic rings. The number of carbonyl (C=O) groups excluding carboxylic acids is 2. The van der Waals surface area contributed by atoms with Crippen molar-refractivity contribution in [2.45, 2.75) is 0 Å². The third kappa shape index (κ3) is 2.90. The van der Waals surface area contributed by atoms with Crippen LogP contribution in [0.5, 0.6) is 11.6 Å². The van der Waals surface area contributed by atoms with Crippen LogP contribution in [-0.2, 0) is 4.74 Å². The van der Waals surface area contributed by atoms with E-state index in [0.717, 1.165) is 0 Å². The van der Waals surface area contributed by atoms with Gasteiger partial charge in [-0.2, -0.15) is 0 Å². The van der Waals surface area contributed by atoms with Gasteiger partial charge in [0.1, 0.15) is 11.4 Å². The summed E-state index contributed by atoms with van der Waals surface area (Å²) in [5.41, 5.74) is 1.51. The van der Waals surface area contributed by atoms with Crippen molar-refractivity contribution in [1.29, 1.82) is 0 Å². The number of hydrogen-bond acceptors (Lipinski definition) is 6. The topological polar surface area (TPSA) is 74.7 Å². The maximum atomic E-state index is 12.0. The van der Waals surface area contributed by atoms with E-state index in [-0.39, 0.29) is 11.3 Å². The molecule has 1 aromatic carbocycles. The molecule has 0 amide bonds. The highest BCUT2D eigenvalue weighted by Gasteiger charge is 2.18. The van der Waals surface area contributed by atoms with Gasteiger partial charge in [-0.3, -0.25) is 4.79 Å². The van der Waals surface area contributed by atoms with Gasteiger partial charge in [0.25, 0.3) is 0 Å². The molecule has 0 radical (unpaired) electrons. The molecular formula is C16H15NO5. The van der Waals surface area contributed by atoms with Crippen molar-refractivity contribution < 1.29 is 23.8 Å². The molecular weight excluding hydrogens is 286 g/mol. The summed E-state index contributed by atoms with van der Waals surface area (Å²) in [4.78, 5) is 27.4. The monoisotopic (exact) mass is 301 g/mol. The van der Waals surface area contributed by atoms with E-state index < -0.39 is 5.97 Å². The first-order valence-corrected chi connectivity index (χ1v) is 6.41. The van der Waals surface area contributed by atoms with E-state index in [1.54, 1.807) is 30.3 Å². The van der Waals surface area contributed by atoms with Crippen LogP contribution in [0.15, 0.2) is 30.3 Å². The number of benzene rings is 1. The number of carbonyl (C=O) groups is 2. The Hall–Kier alpha value is -2.89. The Morgan fingerprint density at radius 1 is 1.05 bits per heavy atom. The van der Waals surface area contributed by atoms with Crippen LogP contribution in [0.2, 0.25) is 0 Å². The largest absolute Gasteiger partial charge is 0.497 e. The van der Waals surface area contributed by atoms with Gasteiger partial charge in [-0.25, -0.2) is 9.78 Å². The van der Waals surface area contributed by atoms with Crippen LogP contribution in [0.3, 0.4) is 0 Å². The summed E-state index contributed by atoms with van der Waals surface area (Å²) in [6.45, 7) is 0. The first-order valence-electron chi connectivity index (χ1n) is 6.41. The van der Waals surface area contributed by atoms with Gasteiger partial charge in [0.15, 0.2) is 6.29 Å². The normalized spacial score (nSPS) is 9.95. The van der Waals surface area contributed by atoms with Crippen molar-refractivity contribution in [3.63, 3.8) is 0 Å². The number of methoxy groups -OCH3 is 3. The SMILES string of the molecule is COC(=O)c1cc(OC)ccc1-c1ccc(OC)nc1C=O. The number of hydrogen-bond donors (Lipinski definition) is 0. The van der Waals surface area contributed by atoms with Crippen molar-refractivity contribution >= 4 is 12.3 Å². The second-order valence-corrected chi connectivity index (χ2v) is 4.31. The fourth-order valence-electron chi connectivity index (χ4n) is 2.05. The van der Waals surface area contributed by atoms with Gasteiger partial charge in [0, 0.05) is 11.6 Å². The maximum absolute atomic E-state index is 12.0. The second-order valence-electron chi connectivity index (χ2n) is 4.31. The van der Waals surface area contributed by atoms with Crippen LogP contribution in [0, 0.1) is 0 Å². The van der Waals surface area contributed by atoms with E-state index in [1.807, 2.05) is 0 Å². The van der Waals surface area contributed by atoms with E-state index in [9.17, 15) is 9.59 Å². The van der Waals surface area contributed by atoms with Gasteiger partial charge < -0.3 is 14.2 Å². The van der Waals surface area contributed by atoms with Crippen LogP contribution in [0.25, 0.3) is 11.1 Å². The van der Waals surface area contributed by atoms with E-state index in [4.69, 9.17) is 14.2 Å². The minimum Gasteiger partial charge on any atom is -0.497 e. The zero-order valence-electron chi connectivity index (χ0n) is 12.5. The Balaban J connectivity index is 2.66. The summed E-state index contributed by atoms with van der Waals surface area (Å²) in [5, 5.41) is 0. The number of pyridine rings is 1. The van der Waals surface area contributed by atoms with Gasteiger partial charge in [0.05, 0.1) is 26.9 Å². The van der Waals surface area contributed by atoms with Gasteiger partial charge in [0.2, 0.25) is 5.88 Å². The molecule has 0 fully saturated rings. The summed E-state index contributed by atoms with van der Waals surface area (Å²) >= 11 is 0. The third-order valence-electron chi connectivity index (χ3n) is 3.14. The van der Waals surface area contributed by atoms with E-state index >= 15 is 0 Å². The summed E-state index contributed by atoms with van der Waals surface area (Å²) in [5.74, 6) is 0.304. The molecule has 2 rings (SSSR count). The fraction of sp³-hybridized carbons (Fsp3) is 0.188. The number of nitrogens with zero attached hydrogens (tertiary/aromatic N) is 1. The molecule has 0 unspecified atom stereocenters. The van der Waals surface area contributed by atoms with Gasteiger partial charge in [-0.15, -0.1) is 0 Å². The molecule has 0 aliphatic carbocycles. The van der Waals surface area contributed by atoms with Crippen LogP contribution < -0.4 is 9.47 Å². The summed E-state index contributed by atoms with van der Waals surface area (Å²) in [6.07, 6.45) is 0.614. The van der Waals surface area contributed by atoms with Crippen molar-refractivity contribution in [1.82, 2.24) is 4.98 Å². The number of ether oxygens (including phenoxy) is 3.